The number of anilines is 1. The average molecular weight is 541 g/mol. The van der Waals surface area contributed by atoms with Gasteiger partial charge >= 0.3 is 0 Å². The van der Waals surface area contributed by atoms with Gasteiger partial charge in [0.15, 0.2) is 16.7 Å². The van der Waals surface area contributed by atoms with E-state index in [9.17, 15) is 9.59 Å². The van der Waals surface area contributed by atoms with Crippen molar-refractivity contribution in [3.63, 3.8) is 0 Å². The maximum atomic E-state index is 13.5. The number of unbranched alkanes of at least 4 members (excludes halogenated alkanes) is 1. The smallest absolute Gasteiger partial charge is 0.262 e. The highest BCUT2D eigenvalue weighted by Crippen LogP contribution is 2.27. The third-order valence-electron chi connectivity index (χ3n) is 6.53. The summed E-state index contributed by atoms with van der Waals surface area (Å²) in [5.74, 6) is 1.42. The lowest BCUT2D eigenvalue weighted by Crippen LogP contribution is -2.36. The first kappa shape index (κ1) is 27.8. The van der Waals surface area contributed by atoms with Crippen LogP contribution in [0.2, 0.25) is 0 Å². The van der Waals surface area contributed by atoms with Crippen molar-refractivity contribution in [1.29, 1.82) is 0 Å². The summed E-state index contributed by atoms with van der Waals surface area (Å²) in [5.41, 5.74) is 2.64. The van der Waals surface area contributed by atoms with Crippen LogP contribution in [0.4, 0.5) is 5.69 Å². The maximum Gasteiger partial charge on any atom is 0.262 e. The van der Waals surface area contributed by atoms with Gasteiger partial charge in [-0.25, -0.2) is 4.98 Å². The SMILES string of the molecule is CCCCn1c(SCC(=O)NCCc2ccc(OC)c(OC)c2)nc2ccc(N3CCOCC3)cc2c1=O. The number of hydrogen-bond acceptors (Lipinski definition) is 8. The zero-order chi connectivity index (χ0) is 26.9. The molecule has 2 aromatic carbocycles. The Hall–Kier alpha value is -3.24. The van der Waals surface area contributed by atoms with E-state index in [1.165, 1.54) is 11.8 Å². The first-order valence-corrected chi connectivity index (χ1v) is 14.0. The summed E-state index contributed by atoms with van der Waals surface area (Å²) in [7, 11) is 3.20. The van der Waals surface area contributed by atoms with Crippen molar-refractivity contribution >= 4 is 34.3 Å². The molecule has 2 heterocycles. The number of fused-ring (bicyclic) bond motifs is 1. The van der Waals surface area contributed by atoms with Crippen molar-refractivity contribution in [2.75, 3.05) is 57.7 Å². The number of morpholine rings is 1. The molecule has 0 bridgehead atoms. The van der Waals surface area contributed by atoms with Crippen LogP contribution in [0.1, 0.15) is 25.3 Å². The molecule has 9 nitrogen and oxygen atoms in total. The van der Waals surface area contributed by atoms with E-state index in [4.69, 9.17) is 19.2 Å². The highest BCUT2D eigenvalue weighted by molar-refractivity contribution is 7.99. The topological polar surface area (TPSA) is 94.9 Å². The minimum Gasteiger partial charge on any atom is -0.493 e. The minimum atomic E-state index is -0.102. The summed E-state index contributed by atoms with van der Waals surface area (Å²) in [6.07, 6.45) is 2.48. The van der Waals surface area contributed by atoms with Crippen LogP contribution >= 0.6 is 11.8 Å². The van der Waals surface area contributed by atoms with Crippen molar-refractivity contribution in [3.05, 3.63) is 52.3 Å². The molecule has 0 radical (unpaired) electrons. The number of nitrogens with zero attached hydrogens (tertiary/aromatic N) is 3. The van der Waals surface area contributed by atoms with Gasteiger partial charge in [-0.2, -0.15) is 0 Å². The number of benzene rings is 2. The lowest BCUT2D eigenvalue weighted by Gasteiger charge is -2.29. The second-order valence-corrected chi connectivity index (χ2v) is 10.0. The number of carbonyl (C=O) groups is 1. The molecule has 1 aliphatic rings. The fourth-order valence-electron chi connectivity index (χ4n) is 4.39. The average Bonchev–Trinajstić information content (AvgIpc) is 2.96. The van der Waals surface area contributed by atoms with Gasteiger partial charge in [-0.05, 0) is 48.7 Å². The summed E-state index contributed by atoms with van der Waals surface area (Å²) < 4.78 is 17.8. The first-order valence-electron chi connectivity index (χ1n) is 13.0. The summed E-state index contributed by atoms with van der Waals surface area (Å²) in [6.45, 7) is 6.13. The van der Waals surface area contributed by atoms with E-state index in [0.29, 0.717) is 60.3 Å². The quantitative estimate of drug-likeness (QED) is 0.276. The molecule has 1 saturated heterocycles. The zero-order valence-electron chi connectivity index (χ0n) is 22.3. The third kappa shape index (κ3) is 6.79. The van der Waals surface area contributed by atoms with Crippen LogP contribution < -0.4 is 25.2 Å². The van der Waals surface area contributed by atoms with Crippen LogP contribution in [-0.2, 0) is 22.5 Å². The molecule has 10 heteroatoms. The van der Waals surface area contributed by atoms with Gasteiger partial charge in [0, 0.05) is 31.9 Å². The van der Waals surface area contributed by atoms with E-state index in [-0.39, 0.29) is 17.2 Å². The largest absolute Gasteiger partial charge is 0.493 e. The number of hydrogen-bond donors (Lipinski definition) is 1. The molecule has 0 saturated carbocycles. The van der Waals surface area contributed by atoms with E-state index in [2.05, 4.69) is 17.1 Å². The Morgan fingerprint density at radius 3 is 2.63 bits per heavy atom. The number of methoxy groups -OCH3 is 2. The number of thioether (sulfide) groups is 1. The molecule has 0 spiro atoms. The van der Waals surface area contributed by atoms with Crippen LogP contribution in [0.25, 0.3) is 10.9 Å². The van der Waals surface area contributed by atoms with Crippen molar-refractivity contribution in [1.82, 2.24) is 14.9 Å². The predicted octanol–water partition coefficient (Wildman–Crippen LogP) is 3.50. The Labute approximate surface area is 227 Å². The van der Waals surface area contributed by atoms with Gasteiger partial charge in [0.1, 0.15) is 0 Å². The second-order valence-electron chi connectivity index (χ2n) is 9.08. The van der Waals surface area contributed by atoms with Gasteiger partial charge in [-0.15, -0.1) is 0 Å². The van der Waals surface area contributed by atoms with Crippen molar-refractivity contribution in [2.24, 2.45) is 0 Å². The molecule has 4 rings (SSSR count). The fourth-order valence-corrected chi connectivity index (χ4v) is 5.25. The molecule has 0 atom stereocenters. The highest BCUT2D eigenvalue weighted by atomic mass is 32.2. The number of amides is 1. The standard InChI is InChI=1S/C28H36N4O5S/c1-4-5-12-32-27(34)22-18-21(31-13-15-37-16-14-31)7-8-23(22)30-28(32)38-19-26(33)29-11-10-20-6-9-24(35-2)25(17-20)36-3/h6-9,17-18H,4-5,10-16,19H2,1-3H3,(H,29,33). The van der Waals surface area contributed by atoms with Crippen molar-refractivity contribution < 1.29 is 19.0 Å². The van der Waals surface area contributed by atoms with Crippen LogP contribution in [0.15, 0.2) is 46.3 Å². The van der Waals surface area contributed by atoms with Crippen LogP contribution in [0, 0.1) is 0 Å². The van der Waals surface area contributed by atoms with Gasteiger partial charge in [-0.3, -0.25) is 14.2 Å². The summed E-state index contributed by atoms with van der Waals surface area (Å²) in [6, 6.07) is 11.6. The van der Waals surface area contributed by atoms with Gasteiger partial charge in [0.05, 0.1) is 44.1 Å². The Morgan fingerprint density at radius 1 is 1.11 bits per heavy atom. The van der Waals surface area contributed by atoms with E-state index < -0.39 is 0 Å². The second kappa shape index (κ2) is 13.5. The number of aromatic nitrogens is 2. The van der Waals surface area contributed by atoms with Gasteiger partial charge < -0.3 is 24.4 Å². The van der Waals surface area contributed by atoms with E-state index >= 15 is 0 Å². The summed E-state index contributed by atoms with van der Waals surface area (Å²) in [5, 5.41) is 4.14. The molecule has 38 heavy (non-hydrogen) atoms. The number of nitrogens with one attached hydrogen (secondary N) is 1. The molecule has 1 aliphatic heterocycles. The third-order valence-corrected chi connectivity index (χ3v) is 7.51. The minimum absolute atomic E-state index is 0.0603. The Morgan fingerprint density at radius 2 is 1.89 bits per heavy atom. The van der Waals surface area contributed by atoms with E-state index in [1.807, 2.05) is 36.4 Å². The predicted molar refractivity (Wildman–Crippen MR) is 151 cm³/mol. The van der Waals surface area contributed by atoms with Gasteiger partial charge in [0.2, 0.25) is 5.91 Å². The molecule has 204 valence electrons. The summed E-state index contributed by atoms with van der Waals surface area (Å²) in [4.78, 5) is 33.1. The van der Waals surface area contributed by atoms with Crippen molar-refractivity contribution in [2.45, 2.75) is 37.9 Å². The Balaban J connectivity index is 1.42. The summed E-state index contributed by atoms with van der Waals surface area (Å²) >= 11 is 1.30. The zero-order valence-corrected chi connectivity index (χ0v) is 23.1. The van der Waals surface area contributed by atoms with E-state index in [0.717, 1.165) is 37.2 Å². The molecule has 1 fully saturated rings. The highest BCUT2D eigenvalue weighted by Gasteiger charge is 2.17. The fraction of sp³-hybridized carbons (Fsp3) is 0.464. The molecular formula is C28H36N4O5S. The Bertz CT molecular complexity index is 1310. The van der Waals surface area contributed by atoms with Gasteiger partial charge in [0.25, 0.3) is 5.56 Å². The van der Waals surface area contributed by atoms with Crippen LogP contribution in [-0.4, -0.2) is 68.3 Å². The number of ether oxygens (including phenoxy) is 3. The van der Waals surface area contributed by atoms with Gasteiger partial charge in [-0.1, -0.05) is 31.2 Å². The van der Waals surface area contributed by atoms with E-state index in [1.54, 1.807) is 18.8 Å². The first-order chi connectivity index (χ1) is 18.5. The number of carbonyl (C=O) groups excluding carboxylic acids is 1. The monoisotopic (exact) mass is 540 g/mol. The molecule has 3 aromatic rings. The molecule has 1 aromatic heterocycles. The molecule has 0 aliphatic carbocycles. The molecule has 1 N–H and O–H groups in total. The number of rotatable bonds is 12. The van der Waals surface area contributed by atoms with Crippen molar-refractivity contribution in [3.8, 4) is 11.5 Å². The Kier molecular flexibility index (Phi) is 9.89. The molecule has 0 unspecified atom stereocenters. The molecular weight excluding hydrogens is 504 g/mol. The maximum absolute atomic E-state index is 13.5. The van der Waals surface area contributed by atoms with Crippen LogP contribution in [0.5, 0.6) is 11.5 Å². The normalized spacial score (nSPS) is 13.5. The lowest BCUT2D eigenvalue weighted by atomic mass is 10.1. The lowest BCUT2D eigenvalue weighted by molar-refractivity contribution is -0.118. The molecule has 1 amide bonds. The van der Waals surface area contributed by atoms with Crippen LogP contribution in [0.3, 0.4) is 0 Å².